The normalized spacial score (nSPS) is 22.3. The molecule has 2 fully saturated rings. The third kappa shape index (κ3) is 5.94. The summed E-state index contributed by atoms with van der Waals surface area (Å²) in [4.78, 5) is 27.7. The number of carboxylic acids is 1. The predicted molar refractivity (Wildman–Crippen MR) is 259 cm³/mol. The van der Waals surface area contributed by atoms with Gasteiger partial charge in [0.25, 0.3) is 0 Å². The Balaban J connectivity index is 0.793. The van der Waals surface area contributed by atoms with Gasteiger partial charge in [0.1, 0.15) is 17.1 Å². The molecule has 67 heavy (non-hydrogen) atoms. The average Bonchev–Trinajstić information content (AvgIpc) is 3.99. The summed E-state index contributed by atoms with van der Waals surface area (Å²) >= 11 is 5.74. The van der Waals surface area contributed by atoms with Gasteiger partial charge in [0.2, 0.25) is 0 Å². The highest BCUT2D eigenvalue weighted by Gasteiger charge is 2.73. The molecule has 5 aromatic carbocycles. The molecule has 0 unspecified atom stereocenters. The van der Waals surface area contributed by atoms with Gasteiger partial charge < -0.3 is 44.8 Å². The van der Waals surface area contributed by atoms with Crippen LogP contribution in [0.1, 0.15) is 63.7 Å². The first-order valence-corrected chi connectivity index (χ1v) is 23.2. The van der Waals surface area contributed by atoms with Crippen LogP contribution >= 0.6 is 12.2 Å². The molecular weight excluding hydrogens is 865 g/mol. The van der Waals surface area contributed by atoms with Crippen molar-refractivity contribution in [2.45, 2.75) is 61.8 Å². The highest BCUT2D eigenvalue weighted by atomic mass is 32.1. The molecule has 334 valence electrons. The summed E-state index contributed by atoms with van der Waals surface area (Å²) in [6.07, 6.45) is 4.00. The van der Waals surface area contributed by atoms with Crippen molar-refractivity contribution in [3.8, 4) is 39.7 Å². The molecule has 0 radical (unpaired) electrons. The van der Waals surface area contributed by atoms with E-state index in [-0.39, 0.29) is 39.4 Å². The number of rotatable bonds is 8. The monoisotopic (exact) mass is 908 g/mol. The van der Waals surface area contributed by atoms with E-state index in [2.05, 4.69) is 56.5 Å². The maximum absolute atomic E-state index is 13.4. The number of hydrogen-bond donors (Lipinski definition) is 6. The molecule has 1 aromatic heterocycles. The van der Waals surface area contributed by atoms with Gasteiger partial charge in [0.05, 0.1) is 22.3 Å². The number of anilines is 2. The maximum atomic E-state index is 13.4. The fourth-order valence-corrected chi connectivity index (χ4v) is 12.5. The number of carbonyl (C=O) groups is 1. The number of aromatic nitrogens is 1. The van der Waals surface area contributed by atoms with E-state index in [0.717, 1.165) is 64.9 Å². The number of para-hydroxylation sites is 1. The summed E-state index contributed by atoms with van der Waals surface area (Å²) in [7, 11) is 0. The van der Waals surface area contributed by atoms with Crippen LogP contribution in [0.5, 0.6) is 17.2 Å². The number of carboxylic acid groups (broad SMARTS) is 1. The summed E-state index contributed by atoms with van der Waals surface area (Å²) in [5, 5.41) is 53.7. The van der Waals surface area contributed by atoms with Gasteiger partial charge in [-0.25, -0.2) is 4.79 Å². The Morgan fingerprint density at radius 2 is 1.66 bits per heavy atom. The number of benzene rings is 6. The largest absolute Gasteiger partial charge is 0.508 e. The zero-order chi connectivity index (χ0) is 45.5. The second-order valence-electron chi connectivity index (χ2n) is 19.1. The van der Waals surface area contributed by atoms with Crippen molar-refractivity contribution in [1.29, 1.82) is 0 Å². The van der Waals surface area contributed by atoms with E-state index >= 15 is 0 Å². The molecule has 4 aliphatic carbocycles. The van der Waals surface area contributed by atoms with Gasteiger partial charge in [-0.15, -0.1) is 0 Å². The number of piperidine rings is 1. The number of aromatic carboxylic acids is 1. The average molecular weight is 909 g/mol. The molecule has 4 heterocycles. The van der Waals surface area contributed by atoms with Gasteiger partial charge in [-0.05, 0) is 133 Å². The van der Waals surface area contributed by atoms with E-state index in [0.29, 0.717) is 58.0 Å². The molecule has 3 aliphatic heterocycles. The summed E-state index contributed by atoms with van der Waals surface area (Å²) in [6.45, 7) is 2.43. The number of aromatic hydroxyl groups is 2. The lowest BCUT2D eigenvalue weighted by molar-refractivity contribution is -0.173. The van der Waals surface area contributed by atoms with Crippen LogP contribution in [0.15, 0.2) is 124 Å². The second kappa shape index (κ2) is 14.4. The van der Waals surface area contributed by atoms with Crippen molar-refractivity contribution in [3.05, 3.63) is 159 Å². The van der Waals surface area contributed by atoms with Crippen molar-refractivity contribution in [2.24, 2.45) is 5.92 Å². The molecule has 13 rings (SSSR count). The first-order chi connectivity index (χ1) is 32.5. The van der Waals surface area contributed by atoms with Crippen LogP contribution in [0.2, 0.25) is 0 Å². The third-order valence-electron chi connectivity index (χ3n) is 15.3. The third-order valence-corrected chi connectivity index (χ3v) is 15.5. The standard InChI is InChI=1S/C54H44N4O8S/c59-33-13-16-37-43(23-33)65-44-24-34(60)14-17-38(44)46(37)36-15-12-32(22-39(36)51(62)63)56-52(67)55-31-10-7-29(8-11-31)27-58-41-4-2-1-3-35(41)40-25-54(64)45-21-30-9-18-42(61)49-47(30)53(54,50(66-49)48(40)58)19-20-57(45)26-28-5-6-28/h1-4,7-18,22-24,28,45,50,59,61,64H,5-6,19-21,25-27H2,(H,62,63)(H2,55,56,67)/t45-,50-,53-,54+/m0/s1. The lowest BCUT2D eigenvalue weighted by atomic mass is 9.49. The molecule has 4 atom stereocenters. The molecule has 1 spiro atoms. The van der Waals surface area contributed by atoms with Gasteiger partial charge >= 0.3 is 5.97 Å². The second-order valence-corrected chi connectivity index (χ2v) is 19.5. The zero-order valence-corrected chi connectivity index (χ0v) is 36.9. The number of aliphatic hydroxyl groups is 1. The van der Waals surface area contributed by atoms with Crippen molar-refractivity contribution in [3.63, 3.8) is 0 Å². The van der Waals surface area contributed by atoms with Crippen LogP contribution in [-0.2, 0) is 24.8 Å². The summed E-state index contributed by atoms with van der Waals surface area (Å²) in [5.74, 6) is 0.414. The van der Waals surface area contributed by atoms with Crippen LogP contribution in [0, 0.1) is 5.92 Å². The molecular formula is C54H44N4O8S. The summed E-state index contributed by atoms with van der Waals surface area (Å²) in [5.41, 5.74) is 7.40. The molecule has 1 saturated carbocycles. The Kier molecular flexibility index (Phi) is 8.62. The van der Waals surface area contributed by atoms with E-state index in [9.17, 15) is 30.0 Å². The number of thiocarbonyl (C=S) groups is 1. The van der Waals surface area contributed by atoms with Gasteiger partial charge in [-0.2, -0.15) is 0 Å². The van der Waals surface area contributed by atoms with Crippen LogP contribution in [-0.4, -0.2) is 65.7 Å². The Hall–Kier alpha value is -7.19. The lowest BCUT2D eigenvalue weighted by Gasteiger charge is -2.63. The summed E-state index contributed by atoms with van der Waals surface area (Å²) in [6, 6.07) is 34.1. The SMILES string of the molecule is O=C(O)c1cc(NC(=S)Nc2ccc(Cn3c4c(c5ccccc53)C[C@@]3(O)[C@@H]5Cc6ccc(O)c7c6[C@@]3(CCN5CC3CC3)[C@H]4O7)cc2)ccc1-c1c2ccc(=O)cc-2oc2cc(O)ccc12. The molecule has 1 saturated heterocycles. The lowest BCUT2D eigenvalue weighted by Crippen LogP contribution is -2.74. The quantitative estimate of drug-likeness (QED) is 0.0633. The number of phenols is 2. The Morgan fingerprint density at radius 3 is 2.48 bits per heavy atom. The predicted octanol–water partition coefficient (Wildman–Crippen LogP) is 9.19. The summed E-state index contributed by atoms with van der Waals surface area (Å²) < 4.78 is 15.3. The van der Waals surface area contributed by atoms with E-state index < -0.39 is 23.1 Å². The molecule has 7 aliphatic rings. The van der Waals surface area contributed by atoms with Crippen molar-refractivity contribution in [2.75, 3.05) is 23.7 Å². The van der Waals surface area contributed by atoms with Gasteiger partial charge in [-0.1, -0.05) is 42.5 Å². The topological polar surface area (TPSA) is 170 Å². The van der Waals surface area contributed by atoms with Crippen LogP contribution in [0.4, 0.5) is 11.4 Å². The molecule has 0 amide bonds. The number of hydrogen-bond acceptors (Lipinski definition) is 9. The fourth-order valence-electron chi connectivity index (χ4n) is 12.3. The fraction of sp³-hybridized carbons (Fsp3) is 0.241. The van der Waals surface area contributed by atoms with Gasteiger partial charge in [-0.3, -0.25) is 9.69 Å². The van der Waals surface area contributed by atoms with Crippen LogP contribution in [0.25, 0.3) is 44.3 Å². The number of phenolic OH excluding ortho intramolecular Hbond substituents is 2. The smallest absolute Gasteiger partial charge is 0.336 e. The molecule has 2 bridgehead atoms. The van der Waals surface area contributed by atoms with Crippen molar-refractivity contribution < 1.29 is 34.4 Å². The van der Waals surface area contributed by atoms with Crippen molar-refractivity contribution >= 4 is 56.5 Å². The number of ether oxygens (including phenoxy) is 1. The first kappa shape index (κ1) is 40.1. The van der Waals surface area contributed by atoms with Gasteiger partial charge in [0, 0.05) is 82.0 Å². The van der Waals surface area contributed by atoms with Crippen LogP contribution < -0.4 is 20.8 Å². The number of likely N-dealkylation sites (tertiary alicyclic amines) is 1. The zero-order valence-electron chi connectivity index (χ0n) is 36.1. The maximum Gasteiger partial charge on any atom is 0.336 e. The molecule has 6 N–H and O–H groups in total. The van der Waals surface area contributed by atoms with E-state index in [1.54, 1.807) is 30.3 Å². The number of fused-ring (bicyclic) bond motifs is 6. The van der Waals surface area contributed by atoms with Crippen LogP contribution in [0.3, 0.4) is 0 Å². The minimum Gasteiger partial charge on any atom is -0.508 e. The number of nitrogens with zero attached hydrogens (tertiary/aromatic N) is 2. The Labute approximate surface area is 389 Å². The highest BCUT2D eigenvalue weighted by Crippen LogP contribution is 2.69. The molecule has 6 aromatic rings. The Morgan fingerprint density at radius 1 is 0.866 bits per heavy atom. The first-order valence-electron chi connectivity index (χ1n) is 22.8. The number of nitrogens with one attached hydrogen (secondary N) is 2. The molecule has 13 heteroatoms. The van der Waals surface area contributed by atoms with E-state index in [4.69, 9.17) is 21.4 Å². The van der Waals surface area contributed by atoms with Crippen molar-refractivity contribution in [1.82, 2.24) is 9.47 Å². The highest BCUT2D eigenvalue weighted by molar-refractivity contribution is 7.80. The minimum absolute atomic E-state index is 0.000644. The minimum atomic E-state index is -1.16. The molecule has 12 nitrogen and oxygen atoms in total. The van der Waals surface area contributed by atoms with E-state index in [1.807, 2.05) is 18.2 Å². The van der Waals surface area contributed by atoms with E-state index in [1.165, 1.54) is 48.7 Å². The Bertz CT molecular complexity index is 3470. The van der Waals surface area contributed by atoms with Gasteiger partial charge in [0.15, 0.2) is 28.1 Å².